The number of ether oxygens (including phenoxy) is 2. The lowest BCUT2D eigenvalue weighted by atomic mass is 10.1. The summed E-state index contributed by atoms with van der Waals surface area (Å²) < 4.78 is 24.2. The van der Waals surface area contributed by atoms with Crippen LogP contribution in [0.4, 0.5) is 4.39 Å². The van der Waals surface area contributed by atoms with E-state index in [2.05, 4.69) is 20.8 Å². The molecule has 1 rings (SSSR count). The molecule has 0 amide bonds. The van der Waals surface area contributed by atoms with Gasteiger partial charge in [0.15, 0.2) is 17.3 Å². The zero-order chi connectivity index (χ0) is 12.1. The van der Waals surface area contributed by atoms with Crippen molar-refractivity contribution in [1.82, 2.24) is 0 Å². The molecule has 0 atom stereocenters. The van der Waals surface area contributed by atoms with Crippen LogP contribution in [0.1, 0.15) is 5.56 Å². The predicted molar refractivity (Wildman–Crippen MR) is 61.0 cm³/mol. The summed E-state index contributed by atoms with van der Waals surface area (Å²) in [7, 11) is 2.84. The fourth-order valence-corrected chi connectivity index (χ4v) is 2.00. The molecule has 4 nitrogen and oxygen atoms in total. The lowest BCUT2D eigenvalue weighted by Crippen LogP contribution is -2.07. The molecular weight excluding hydrogens is 281 g/mol. The Kier molecular flexibility index (Phi) is 4.98. The van der Waals surface area contributed by atoms with Gasteiger partial charge in [-0.3, -0.25) is 0 Å². The summed E-state index contributed by atoms with van der Waals surface area (Å²) in [6.45, 7) is 0.309. The van der Waals surface area contributed by atoms with Crippen LogP contribution in [0.15, 0.2) is 10.5 Å². The third-order valence-electron chi connectivity index (χ3n) is 2.12. The SMILES string of the molecule is COc1c(F)cc(Br)c(CCON)c1OC. The first-order chi connectivity index (χ1) is 7.65. The molecule has 0 radical (unpaired) electrons. The molecule has 16 heavy (non-hydrogen) atoms. The van der Waals surface area contributed by atoms with Gasteiger partial charge in [-0.15, -0.1) is 0 Å². The Morgan fingerprint density at radius 3 is 2.44 bits per heavy atom. The average molecular weight is 294 g/mol. The minimum atomic E-state index is -0.483. The molecule has 0 unspecified atom stereocenters. The Bertz CT molecular complexity index is 374. The first-order valence-electron chi connectivity index (χ1n) is 4.56. The Balaban J connectivity index is 3.22. The third kappa shape index (κ3) is 2.63. The molecule has 0 bridgehead atoms. The quantitative estimate of drug-likeness (QED) is 0.844. The highest BCUT2D eigenvalue weighted by Gasteiger charge is 2.18. The van der Waals surface area contributed by atoms with Crippen molar-refractivity contribution in [3.8, 4) is 11.5 Å². The molecule has 2 N–H and O–H groups in total. The summed E-state index contributed by atoms with van der Waals surface area (Å²) in [6.07, 6.45) is 0.497. The van der Waals surface area contributed by atoms with Gasteiger partial charge in [0.2, 0.25) is 0 Å². The lowest BCUT2D eigenvalue weighted by molar-refractivity contribution is 0.140. The summed E-state index contributed by atoms with van der Waals surface area (Å²) in [5.41, 5.74) is 0.756. The van der Waals surface area contributed by atoms with Gasteiger partial charge in [0.25, 0.3) is 0 Å². The van der Waals surface area contributed by atoms with Crippen LogP contribution in [-0.2, 0) is 11.3 Å². The fourth-order valence-electron chi connectivity index (χ4n) is 1.42. The Morgan fingerprint density at radius 1 is 1.31 bits per heavy atom. The van der Waals surface area contributed by atoms with Crippen molar-refractivity contribution in [3.05, 3.63) is 21.9 Å². The number of rotatable bonds is 5. The largest absolute Gasteiger partial charge is 0.492 e. The monoisotopic (exact) mass is 293 g/mol. The molecule has 0 saturated heterocycles. The van der Waals surface area contributed by atoms with E-state index in [4.69, 9.17) is 15.4 Å². The number of methoxy groups -OCH3 is 2. The molecule has 0 aliphatic carbocycles. The van der Waals surface area contributed by atoms with Crippen molar-refractivity contribution in [2.75, 3.05) is 20.8 Å². The minimum absolute atomic E-state index is 0.0812. The molecule has 0 heterocycles. The lowest BCUT2D eigenvalue weighted by Gasteiger charge is -2.14. The van der Waals surface area contributed by atoms with Gasteiger partial charge in [-0.1, -0.05) is 15.9 Å². The average Bonchev–Trinajstić information content (AvgIpc) is 2.27. The van der Waals surface area contributed by atoms with E-state index in [0.29, 0.717) is 23.2 Å². The molecule has 0 fully saturated rings. The zero-order valence-electron chi connectivity index (χ0n) is 9.05. The van der Waals surface area contributed by atoms with Crippen molar-refractivity contribution in [2.45, 2.75) is 6.42 Å². The molecule has 1 aromatic rings. The van der Waals surface area contributed by atoms with Crippen LogP contribution in [0.2, 0.25) is 0 Å². The van der Waals surface area contributed by atoms with Gasteiger partial charge in [-0.2, -0.15) is 0 Å². The van der Waals surface area contributed by atoms with E-state index >= 15 is 0 Å². The van der Waals surface area contributed by atoms with Crippen LogP contribution in [0.25, 0.3) is 0 Å². The molecule has 0 aliphatic heterocycles. The maximum atomic E-state index is 13.5. The molecule has 0 aromatic heterocycles. The van der Waals surface area contributed by atoms with Crippen molar-refractivity contribution >= 4 is 15.9 Å². The van der Waals surface area contributed by atoms with Crippen molar-refractivity contribution in [3.63, 3.8) is 0 Å². The maximum absolute atomic E-state index is 13.5. The van der Waals surface area contributed by atoms with Gasteiger partial charge >= 0.3 is 0 Å². The van der Waals surface area contributed by atoms with Crippen LogP contribution in [0, 0.1) is 5.82 Å². The van der Waals surface area contributed by atoms with Crippen molar-refractivity contribution in [1.29, 1.82) is 0 Å². The van der Waals surface area contributed by atoms with E-state index in [9.17, 15) is 4.39 Å². The third-order valence-corrected chi connectivity index (χ3v) is 2.82. The normalized spacial score (nSPS) is 10.3. The van der Waals surface area contributed by atoms with Crippen LogP contribution >= 0.6 is 15.9 Å². The van der Waals surface area contributed by atoms with Crippen LogP contribution < -0.4 is 15.4 Å². The van der Waals surface area contributed by atoms with E-state index in [1.54, 1.807) is 0 Å². The van der Waals surface area contributed by atoms with Gasteiger partial charge in [0.05, 0.1) is 20.8 Å². The molecule has 6 heteroatoms. The number of hydrogen-bond donors (Lipinski definition) is 1. The highest BCUT2D eigenvalue weighted by Crippen LogP contribution is 2.38. The van der Waals surface area contributed by atoms with Crippen LogP contribution in [0.5, 0.6) is 11.5 Å². The van der Waals surface area contributed by atoms with E-state index < -0.39 is 5.82 Å². The van der Waals surface area contributed by atoms with E-state index in [0.717, 1.165) is 5.56 Å². The Hall–Kier alpha value is -0.850. The Labute approximate surface area is 102 Å². The van der Waals surface area contributed by atoms with Gasteiger partial charge in [0, 0.05) is 16.5 Å². The Morgan fingerprint density at radius 2 is 1.94 bits per heavy atom. The highest BCUT2D eigenvalue weighted by atomic mass is 79.9. The summed E-state index contributed by atoms with van der Waals surface area (Å²) in [6, 6.07) is 1.33. The van der Waals surface area contributed by atoms with Crippen LogP contribution in [0.3, 0.4) is 0 Å². The summed E-state index contributed by atoms with van der Waals surface area (Å²) in [4.78, 5) is 4.49. The minimum Gasteiger partial charge on any atom is -0.492 e. The zero-order valence-corrected chi connectivity index (χ0v) is 10.6. The van der Waals surface area contributed by atoms with E-state index in [1.165, 1.54) is 20.3 Å². The number of hydrogen-bond acceptors (Lipinski definition) is 4. The number of nitrogens with two attached hydrogens (primary N) is 1. The van der Waals surface area contributed by atoms with Gasteiger partial charge in [-0.25, -0.2) is 10.3 Å². The van der Waals surface area contributed by atoms with E-state index in [1.807, 2.05) is 0 Å². The molecule has 90 valence electrons. The van der Waals surface area contributed by atoms with Crippen molar-refractivity contribution in [2.24, 2.45) is 5.90 Å². The molecule has 1 aromatic carbocycles. The smallest absolute Gasteiger partial charge is 0.197 e. The predicted octanol–water partition coefficient (Wildman–Crippen LogP) is 2.04. The standard InChI is InChI=1S/C10H13BrFNO3/c1-14-9-6(3-4-16-13)7(11)5-8(12)10(9)15-2/h5H,3-4,13H2,1-2H3. The van der Waals surface area contributed by atoms with Gasteiger partial charge in [0.1, 0.15) is 0 Å². The summed E-state index contributed by atoms with van der Waals surface area (Å²) in [5.74, 6) is 4.91. The van der Waals surface area contributed by atoms with E-state index in [-0.39, 0.29) is 5.75 Å². The number of halogens is 2. The fraction of sp³-hybridized carbons (Fsp3) is 0.400. The second kappa shape index (κ2) is 6.03. The molecule has 0 saturated carbocycles. The maximum Gasteiger partial charge on any atom is 0.197 e. The summed E-state index contributed by atoms with van der Waals surface area (Å²) >= 11 is 3.26. The first-order valence-corrected chi connectivity index (χ1v) is 5.35. The highest BCUT2D eigenvalue weighted by molar-refractivity contribution is 9.10. The second-order valence-corrected chi connectivity index (χ2v) is 3.86. The van der Waals surface area contributed by atoms with Gasteiger partial charge in [-0.05, 0) is 6.07 Å². The second-order valence-electron chi connectivity index (χ2n) is 3.01. The molecule has 0 spiro atoms. The first kappa shape index (κ1) is 13.2. The van der Waals surface area contributed by atoms with Crippen LogP contribution in [-0.4, -0.2) is 20.8 Å². The molecular formula is C10H13BrFNO3. The van der Waals surface area contributed by atoms with Crippen molar-refractivity contribution < 1.29 is 18.7 Å². The topological polar surface area (TPSA) is 53.7 Å². The number of benzene rings is 1. The molecule has 0 aliphatic rings. The summed E-state index contributed by atoms with van der Waals surface area (Å²) in [5, 5.41) is 0. The van der Waals surface area contributed by atoms with Gasteiger partial charge < -0.3 is 14.3 Å².